The van der Waals surface area contributed by atoms with Crippen LogP contribution in [0.15, 0.2) is 11.4 Å². The van der Waals surface area contributed by atoms with Crippen molar-refractivity contribution < 1.29 is 5.11 Å². The van der Waals surface area contributed by atoms with Crippen LogP contribution < -0.4 is 4.87 Å². The van der Waals surface area contributed by atoms with Gasteiger partial charge < -0.3 is 5.11 Å². The average Bonchev–Trinajstić information content (AvgIpc) is 2.17. The van der Waals surface area contributed by atoms with Crippen LogP contribution in [0.2, 0.25) is 0 Å². The lowest BCUT2D eigenvalue weighted by atomic mass is 10.5. The van der Waals surface area contributed by atoms with Gasteiger partial charge >= 0.3 is 4.87 Å². The van der Waals surface area contributed by atoms with Crippen LogP contribution in [-0.4, -0.2) is 9.67 Å². The van der Waals surface area contributed by atoms with E-state index in [0.717, 1.165) is 11.3 Å². The predicted octanol–water partition coefficient (Wildman–Crippen LogP) is 0.795. The summed E-state index contributed by atoms with van der Waals surface area (Å²) in [6.07, 6.45) is 1.46. The Hall–Kier alpha value is -1.03. The van der Waals surface area contributed by atoms with E-state index in [1.807, 2.05) is 0 Å². The van der Waals surface area contributed by atoms with Crippen LogP contribution in [0.25, 0.3) is 6.08 Å². The van der Waals surface area contributed by atoms with Gasteiger partial charge in [-0.15, -0.1) is 0 Å². The lowest BCUT2D eigenvalue weighted by Gasteiger charge is -1.90. The van der Waals surface area contributed by atoms with Gasteiger partial charge in [0.25, 0.3) is 0 Å². The second-order valence-corrected chi connectivity index (χ2v) is 2.81. The fraction of sp³-hybridized carbons (Fsp3) is 0.167. The fourth-order valence-corrected chi connectivity index (χ4v) is 1.32. The van der Waals surface area contributed by atoms with Gasteiger partial charge in [-0.1, -0.05) is 17.9 Å². The minimum Gasteiger partial charge on any atom is -0.493 e. The van der Waals surface area contributed by atoms with Crippen molar-refractivity contribution in [3.8, 4) is 5.88 Å². The molecule has 0 fully saturated rings. The molecule has 1 aromatic rings. The quantitative estimate of drug-likeness (QED) is 0.655. The van der Waals surface area contributed by atoms with Crippen molar-refractivity contribution in [2.45, 2.75) is 0 Å². The molecule has 0 saturated heterocycles. The third-order valence-electron chi connectivity index (χ3n) is 1.19. The summed E-state index contributed by atoms with van der Waals surface area (Å²) in [5.74, 6) is -0.00926. The van der Waals surface area contributed by atoms with E-state index in [1.165, 1.54) is 17.7 Å². The zero-order valence-electron chi connectivity index (χ0n) is 5.50. The van der Waals surface area contributed by atoms with E-state index < -0.39 is 0 Å². The van der Waals surface area contributed by atoms with E-state index in [0.29, 0.717) is 4.88 Å². The zero-order chi connectivity index (χ0) is 7.72. The summed E-state index contributed by atoms with van der Waals surface area (Å²) in [6, 6.07) is 0. The van der Waals surface area contributed by atoms with Crippen LogP contribution >= 0.6 is 11.3 Å². The standard InChI is InChI=1S/C6H7NO2S/c1-3-4-5(8)7(2)6(9)10-4/h3,8H,1H2,2H3. The van der Waals surface area contributed by atoms with Gasteiger partial charge in [0.05, 0.1) is 4.88 Å². The van der Waals surface area contributed by atoms with Crippen molar-refractivity contribution in [1.82, 2.24) is 4.57 Å². The van der Waals surface area contributed by atoms with Gasteiger partial charge in [-0.3, -0.25) is 9.36 Å². The summed E-state index contributed by atoms with van der Waals surface area (Å²) in [5, 5.41) is 9.12. The fourth-order valence-electron chi connectivity index (χ4n) is 0.593. The van der Waals surface area contributed by atoms with Crippen molar-refractivity contribution in [2.24, 2.45) is 7.05 Å². The number of aromatic hydroxyl groups is 1. The number of rotatable bonds is 1. The molecule has 1 N–H and O–H groups in total. The summed E-state index contributed by atoms with van der Waals surface area (Å²) >= 11 is 0.980. The topological polar surface area (TPSA) is 42.2 Å². The van der Waals surface area contributed by atoms with Gasteiger partial charge in [-0.2, -0.15) is 0 Å². The Morgan fingerprint density at radius 1 is 1.80 bits per heavy atom. The first-order valence-electron chi connectivity index (χ1n) is 2.68. The van der Waals surface area contributed by atoms with Gasteiger partial charge in [0.15, 0.2) is 0 Å². The Kier molecular flexibility index (Phi) is 1.63. The highest BCUT2D eigenvalue weighted by atomic mass is 32.1. The molecule has 0 aliphatic rings. The highest BCUT2D eigenvalue weighted by Crippen LogP contribution is 2.18. The molecular formula is C6H7NO2S. The van der Waals surface area contributed by atoms with E-state index in [1.54, 1.807) is 0 Å². The largest absolute Gasteiger partial charge is 0.493 e. The first-order chi connectivity index (χ1) is 4.66. The van der Waals surface area contributed by atoms with Crippen LogP contribution in [0.1, 0.15) is 4.88 Å². The van der Waals surface area contributed by atoms with Crippen LogP contribution in [0.4, 0.5) is 0 Å². The molecule has 0 bridgehead atoms. The molecule has 54 valence electrons. The van der Waals surface area contributed by atoms with E-state index in [2.05, 4.69) is 6.58 Å². The molecule has 0 spiro atoms. The second kappa shape index (κ2) is 2.30. The predicted molar refractivity (Wildman–Crippen MR) is 41.3 cm³/mol. The van der Waals surface area contributed by atoms with E-state index >= 15 is 0 Å². The molecular weight excluding hydrogens is 150 g/mol. The molecule has 4 heteroatoms. The van der Waals surface area contributed by atoms with Crippen LogP contribution in [-0.2, 0) is 7.05 Å². The summed E-state index contributed by atoms with van der Waals surface area (Å²) in [4.78, 5) is 11.1. The molecule has 10 heavy (non-hydrogen) atoms. The number of hydrogen-bond acceptors (Lipinski definition) is 3. The minimum atomic E-state index is -0.174. The molecule has 0 aliphatic carbocycles. The Labute approximate surface area is 61.9 Å². The Balaban J connectivity index is 3.45. The van der Waals surface area contributed by atoms with Crippen LogP contribution in [0, 0.1) is 0 Å². The smallest absolute Gasteiger partial charge is 0.310 e. The Morgan fingerprint density at radius 3 is 2.60 bits per heavy atom. The summed E-state index contributed by atoms with van der Waals surface area (Å²) in [7, 11) is 1.52. The van der Waals surface area contributed by atoms with Crippen molar-refractivity contribution in [1.29, 1.82) is 0 Å². The van der Waals surface area contributed by atoms with Crippen molar-refractivity contribution in [2.75, 3.05) is 0 Å². The highest BCUT2D eigenvalue weighted by Gasteiger charge is 2.05. The van der Waals surface area contributed by atoms with Gasteiger partial charge in [-0.05, 0) is 6.08 Å². The Bertz CT molecular complexity index is 310. The summed E-state index contributed by atoms with van der Waals surface area (Å²) in [6.45, 7) is 3.44. The third kappa shape index (κ3) is 0.863. The lowest BCUT2D eigenvalue weighted by Crippen LogP contribution is -2.05. The molecule has 0 aliphatic heterocycles. The lowest BCUT2D eigenvalue weighted by molar-refractivity contribution is 0.428. The monoisotopic (exact) mass is 157 g/mol. The van der Waals surface area contributed by atoms with Crippen molar-refractivity contribution in [3.05, 3.63) is 21.1 Å². The number of thiazole rings is 1. The number of nitrogens with zero attached hydrogens (tertiary/aromatic N) is 1. The summed E-state index contributed by atoms with van der Waals surface area (Å²) in [5.41, 5.74) is 0. The highest BCUT2D eigenvalue weighted by molar-refractivity contribution is 7.10. The molecule has 0 saturated carbocycles. The average molecular weight is 157 g/mol. The Morgan fingerprint density at radius 2 is 2.40 bits per heavy atom. The van der Waals surface area contributed by atoms with Crippen LogP contribution in [0.5, 0.6) is 5.88 Å². The molecule has 3 nitrogen and oxygen atoms in total. The van der Waals surface area contributed by atoms with Crippen molar-refractivity contribution >= 4 is 17.4 Å². The second-order valence-electron chi connectivity index (χ2n) is 1.82. The first kappa shape index (κ1) is 7.08. The minimum absolute atomic E-state index is 0.00926. The normalized spacial score (nSPS) is 9.70. The molecule has 0 unspecified atom stereocenters. The van der Waals surface area contributed by atoms with Gasteiger partial charge in [0, 0.05) is 7.05 Å². The van der Waals surface area contributed by atoms with Gasteiger partial charge in [-0.25, -0.2) is 0 Å². The maximum absolute atomic E-state index is 10.8. The molecule has 0 radical (unpaired) electrons. The van der Waals surface area contributed by atoms with E-state index in [-0.39, 0.29) is 10.8 Å². The van der Waals surface area contributed by atoms with Gasteiger partial charge in [0.2, 0.25) is 5.88 Å². The molecule has 1 aromatic heterocycles. The maximum Gasteiger partial charge on any atom is 0.310 e. The summed E-state index contributed by atoms with van der Waals surface area (Å²) < 4.78 is 1.18. The van der Waals surface area contributed by atoms with E-state index in [4.69, 9.17) is 5.11 Å². The van der Waals surface area contributed by atoms with E-state index in [9.17, 15) is 4.79 Å². The van der Waals surface area contributed by atoms with Crippen molar-refractivity contribution in [3.63, 3.8) is 0 Å². The molecule has 0 aromatic carbocycles. The maximum atomic E-state index is 10.8. The number of hydrogen-bond donors (Lipinski definition) is 1. The van der Waals surface area contributed by atoms with Crippen LogP contribution in [0.3, 0.4) is 0 Å². The molecule has 1 rings (SSSR count). The molecule has 0 atom stereocenters. The molecule has 1 heterocycles. The zero-order valence-corrected chi connectivity index (χ0v) is 6.31. The number of aromatic nitrogens is 1. The first-order valence-corrected chi connectivity index (χ1v) is 3.49. The van der Waals surface area contributed by atoms with Gasteiger partial charge in [0.1, 0.15) is 0 Å². The molecule has 0 amide bonds. The SMILES string of the molecule is C=Cc1sc(=O)n(C)c1O. The third-order valence-corrected chi connectivity index (χ3v) is 2.21.